The van der Waals surface area contributed by atoms with Gasteiger partial charge in [0.05, 0.1) is 0 Å². The maximum Gasteiger partial charge on any atom is 0.185 e. The average Bonchev–Trinajstić information content (AvgIpc) is 2.81. The van der Waals surface area contributed by atoms with Gasteiger partial charge in [-0.1, -0.05) is 0 Å². The molecule has 0 radical (unpaired) electrons. The Labute approximate surface area is 114 Å². The second-order valence-corrected chi connectivity index (χ2v) is 6.75. The van der Waals surface area contributed by atoms with Gasteiger partial charge in [-0.05, 0) is 34.9 Å². The van der Waals surface area contributed by atoms with Crippen LogP contribution >= 0.6 is 11.3 Å². The van der Waals surface area contributed by atoms with Crippen LogP contribution in [0.25, 0.3) is 0 Å². The molecule has 2 rings (SSSR count). The SMILES string of the molecule is CNC(C)c1cnc(N2CCN(C)C(C)(C)C2)s1. The fourth-order valence-electron chi connectivity index (χ4n) is 2.17. The Bertz CT molecular complexity index is 401. The van der Waals surface area contributed by atoms with Gasteiger partial charge in [0.25, 0.3) is 0 Å². The van der Waals surface area contributed by atoms with Crippen molar-refractivity contribution in [1.29, 1.82) is 0 Å². The van der Waals surface area contributed by atoms with Gasteiger partial charge in [-0.2, -0.15) is 0 Å². The lowest BCUT2D eigenvalue weighted by molar-refractivity contribution is 0.139. The van der Waals surface area contributed by atoms with Crippen LogP contribution < -0.4 is 10.2 Å². The molecular formula is C13H24N4S. The zero-order valence-electron chi connectivity index (χ0n) is 12.0. The first-order valence-electron chi connectivity index (χ1n) is 6.53. The summed E-state index contributed by atoms with van der Waals surface area (Å²) in [5.74, 6) is 0. The molecule has 1 saturated heterocycles. The van der Waals surface area contributed by atoms with E-state index in [0.717, 1.165) is 24.8 Å². The van der Waals surface area contributed by atoms with Gasteiger partial charge in [-0.15, -0.1) is 11.3 Å². The van der Waals surface area contributed by atoms with Crippen molar-refractivity contribution in [1.82, 2.24) is 15.2 Å². The Morgan fingerprint density at radius 1 is 1.44 bits per heavy atom. The molecule has 1 atom stereocenters. The molecule has 1 aliphatic heterocycles. The van der Waals surface area contributed by atoms with Crippen molar-refractivity contribution in [2.45, 2.75) is 32.4 Å². The lowest BCUT2D eigenvalue weighted by Crippen LogP contribution is -2.57. The molecule has 102 valence electrons. The van der Waals surface area contributed by atoms with Crippen molar-refractivity contribution < 1.29 is 0 Å². The minimum atomic E-state index is 0.221. The number of nitrogens with one attached hydrogen (secondary N) is 1. The lowest BCUT2D eigenvalue weighted by atomic mass is 10.0. The number of anilines is 1. The van der Waals surface area contributed by atoms with Crippen molar-refractivity contribution in [2.75, 3.05) is 38.6 Å². The van der Waals surface area contributed by atoms with Crippen LogP contribution in [0.1, 0.15) is 31.7 Å². The number of thiazole rings is 1. The van der Waals surface area contributed by atoms with Crippen LogP contribution in [-0.4, -0.2) is 49.2 Å². The highest BCUT2D eigenvalue weighted by atomic mass is 32.1. The summed E-state index contributed by atoms with van der Waals surface area (Å²) in [6, 6.07) is 0.386. The van der Waals surface area contributed by atoms with E-state index >= 15 is 0 Å². The molecule has 0 saturated carbocycles. The molecule has 4 nitrogen and oxygen atoms in total. The van der Waals surface area contributed by atoms with Gasteiger partial charge in [0, 0.05) is 42.3 Å². The lowest BCUT2D eigenvalue weighted by Gasteiger charge is -2.45. The summed E-state index contributed by atoms with van der Waals surface area (Å²) in [6.45, 7) is 9.98. The summed E-state index contributed by atoms with van der Waals surface area (Å²) in [4.78, 5) is 10.7. The molecule has 1 N–H and O–H groups in total. The highest BCUT2D eigenvalue weighted by molar-refractivity contribution is 7.15. The molecule has 1 aromatic heterocycles. The second-order valence-electron chi connectivity index (χ2n) is 5.71. The van der Waals surface area contributed by atoms with Crippen molar-refractivity contribution in [3.8, 4) is 0 Å². The number of piperazine rings is 1. The molecule has 1 unspecified atom stereocenters. The molecule has 1 fully saturated rings. The van der Waals surface area contributed by atoms with Gasteiger partial charge in [0.15, 0.2) is 5.13 Å². The maximum absolute atomic E-state index is 4.59. The maximum atomic E-state index is 4.59. The van der Waals surface area contributed by atoms with Crippen molar-refractivity contribution in [3.05, 3.63) is 11.1 Å². The number of aromatic nitrogens is 1. The fourth-order valence-corrected chi connectivity index (χ4v) is 3.17. The van der Waals surface area contributed by atoms with Crippen LogP contribution in [0.3, 0.4) is 0 Å². The first-order valence-corrected chi connectivity index (χ1v) is 7.35. The molecule has 18 heavy (non-hydrogen) atoms. The Kier molecular flexibility index (Phi) is 3.94. The van der Waals surface area contributed by atoms with Crippen LogP contribution in [0.5, 0.6) is 0 Å². The van der Waals surface area contributed by atoms with E-state index in [0.29, 0.717) is 6.04 Å². The fraction of sp³-hybridized carbons (Fsp3) is 0.769. The zero-order chi connectivity index (χ0) is 13.3. The number of rotatable bonds is 3. The third-order valence-corrected chi connectivity index (χ3v) is 5.20. The molecule has 2 heterocycles. The number of hydrogen-bond acceptors (Lipinski definition) is 5. The minimum Gasteiger partial charge on any atom is -0.345 e. The van der Waals surface area contributed by atoms with Crippen molar-refractivity contribution in [2.24, 2.45) is 0 Å². The molecule has 1 aromatic rings. The number of nitrogens with zero attached hydrogens (tertiary/aromatic N) is 3. The van der Waals surface area contributed by atoms with E-state index in [1.54, 1.807) is 0 Å². The Hall–Kier alpha value is -0.650. The predicted molar refractivity (Wildman–Crippen MR) is 78.5 cm³/mol. The van der Waals surface area contributed by atoms with Crippen molar-refractivity contribution in [3.63, 3.8) is 0 Å². The largest absolute Gasteiger partial charge is 0.345 e. The molecule has 0 aliphatic carbocycles. The van der Waals surface area contributed by atoms with Crippen LogP contribution in [0.2, 0.25) is 0 Å². The topological polar surface area (TPSA) is 31.4 Å². The summed E-state index contributed by atoms with van der Waals surface area (Å²) in [7, 11) is 4.19. The van der Waals surface area contributed by atoms with E-state index < -0.39 is 0 Å². The monoisotopic (exact) mass is 268 g/mol. The third kappa shape index (κ3) is 2.68. The zero-order valence-corrected chi connectivity index (χ0v) is 12.8. The quantitative estimate of drug-likeness (QED) is 0.908. The summed E-state index contributed by atoms with van der Waals surface area (Å²) < 4.78 is 0. The molecule has 0 spiro atoms. The van der Waals surface area contributed by atoms with E-state index in [1.807, 2.05) is 24.6 Å². The standard InChI is InChI=1S/C13H24N4S/c1-10(14-4)11-8-15-12(18-11)17-7-6-16(5)13(2,3)9-17/h8,10,14H,6-7,9H2,1-5H3. The summed E-state index contributed by atoms with van der Waals surface area (Å²) in [5.41, 5.74) is 0.221. The molecular weight excluding hydrogens is 244 g/mol. The molecule has 0 amide bonds. The first kappa shape index (κ1) is 13.8. The van der Waals surface area contributed by atoms with E-state index in [1.165, 1.54) is 4.88 Å². The van der Waals surface area contributed by atoms with Gasteiger partial charge in [-0.25, -0.2) is 4.98 Å². The smallest absolute Gasteiger partial charge is 0.185 e. The molecule has 0 bridgehead atoms. The predicted octanol–water partition coefficient (Wildman–Crippen LogP) is 1.95. The molecule has 5 heteroatoms. The summed E-state index contributed by atoms with van der Waals surface area (Å²) >= 11 is 1.81. The van der Waals surface area contributed by atoms with E-state index in [4.69, 9.17) is 0 Å². The molecule has 1 aliphatic rings. The Morgan fingerprint density at radius 3 is 2.78 bits per heavy atom. The number of likely N-dealkylation sites (N-methyl/N-ethyl adjacent to an activating group) is 1. The third-order valence-electron chi connectivity index (χ3n) is 3.96. The Morgan fingerprint density at radius 2 is 2.17 bits per heavy atom. The molecule has 0 aromatic carbocycles. The summed E-state index contributed by atoms with van der Waals surface area (Å²) in [5, 5.41) is 4.42. The van der Waals surface area contributed by atoms with Crippen LogP contribution in [0, 0.1) is 0 Å². The van der Waals surface area contributed by atoms with Gasteiger partial charge >= 0.3 is 0 Å². The first-order chi connectivity index (χ1) is 8.44. The highest BCUT2D eigenvalue weighted by Crippen LogP contribution is 2.30. The number of hydrogen-bond donors (Lipinski definition) is 1. The Balaban J connectivity index is 2.10. The van der Waals surface area contributed by atoms with Crippen LogP contribution in [0.4, 0.5) is 5.13 Å². The summed E-state index contributed by atoms with van der Waals surface area (Å²) in [6.07, 6.45) is 2.01. The van der Waals surface area contributed by atoms with E-state index in [-0.39, 0.29) is 5.54 Å². The van der Waals surface area contributed by atoms with Gasteiger partial charge < -0.3 is 10.2 Å². The van der Waals surface area contributed by atoms with Crippen molar-refractivity contribution >= 4 is 16.5 Å². The van der Waals surface area contributed by atoms with Crippen LogP contribution in [-0.2, 0) is 0 Å². The second kappa shape index (κ2) is 5.15. The van der Waals surface area contributed by atoms with Crippen LogP contribution in [0.15, 0.2) is 6.20 Å². The van der Waals surface area contributed by atoms with E-state index in [9.17, 15) is 0 Å². The van der Waals surface area contributed by atoms with Gasteiger partial charge in [-0.3, -0.25) is 4.90 Å². The van der Waals surface area contributed by atoms with E-state index in [2.05, 4.69) is 47.9 Å². The van der Waals surface area contributed by atoms with Gasteiger partial charge in [0.2, 0.25) is 0 Å². The highest BCUT2D eigenvalue weighted by Gasteiger charge is 2.32. The normalized spacial score (nSPS) is 22.2. The minimum absolute atomic E-state index is 0.221. The average molecular weight is 268 g/mol. The van der Waals surface area contributed by atoms with Gasteiger partial charge in [0.1, 0.15) is 0 Å².